The first-order valence-electron chi connectivity index (χ1n) is 6.83. The highest BCUT2D eigenvalue weighted by Gasteiger charge is 2.43. The molecule has 1 saturated heterocycles. The Balaban J connectivity index is 2.21. The third kappa shape index (κ3) is 3.75. The molecule has 0 aliphatic carbocycles. The minimum atomic E-state index is -4.99. The molecule has 1 aromatic rings. The van der Waals surface area contributed by atoms with Gasteiger partial charge in [0.2, 0.25) is 0 Å². The topological polar surface area (TPSA) is 23.6 Å². The van der Waals surface area contributed by atoms with Crippen LogP contribution in [0.25, 0.3) is 0 Å². The summed E-state index contributed by atoms with van der Waals surface area (Å²) in [5.74, 6) is 0.126. The quantitative estimate of drug-likeness (QED) is 0.574. The van der Waals surface area contributed by atoms with Crippen LogP contribution in [0.5, 0.6) is 0 Å². The van der Waals surface area contributed by atoms with Crippen LogP contribution in [0.4, 0.5) is 32.0 Å². The smallest absolute Gasteiger partial charge is 0.367 e. The second kappa shape index (κ2) is 6.26. The Morgan fingerprint density at radius 2 is 1.62 bits per heavy atom. The second-order valence-corrected chi connectivity index (χ2v) is 5.15. The van der Waals surface area contributed by atoms with Crippen LogP contribution in [-0.4, -0.2) is 43.2 Å². The molecule has 0 N–H and O–H groups in total. The van der Waals surface area contributed by atoms with E-state index in [1.165, 1.54) is 17.0 Å². The van der Waals surface area contributed by atoms with E-state index in [1.54, 1.807) is 0 Å². The number of rotatable bonds is 1. The average Bonchev–Trinajstić information content (AvgIpc) is 2.52. The fourth-order valence-corrected chi connectivity index (χ4v) is 2.46. The number of carbonyl (C=O) groups excluding carboxylic acids is 1. The van der Waals surface area contributed by atoms with Crippen molar-refractivity contribution in [2.75, 3.05) is 31.1 Å². The number of amides is 1. The number of piperazine rings is 1. The highest BCUT2D eigenvalue weighted by atomic mass is 19.4. The standard InChI is InChI=1S/C15H12F6N2O/c1-2-10-3-4-12(11(9-10)14(16,17)18)22-5-7-23(8-6-22)13(24)15(19,20)21/h1,3-4,9H,5-8H2. The van der Waals surface area contributed by atoms with Crippen molar-refractivity contribution in [1.29, 1.82) is 0 Å². The number of anilines is 1. The van der Waals surface area contributed by atoms with Crippen LogP contribution >= 0.6 is 0 Å². The normalized spacial score (nSPS) is 16.0. The van der Waals surface area contributed by atoms with E-state index in [9.17, 15) is 31.1 Å². The predicted molar refractivity (Wildman–Crippen MR) is 74.2 cm³/mol. The molecule has 0 spiro atoms. The van der Waals surface area contributed by atoms with Gasteiger partial charge < -0.3 is 9.80 Å². The van der Waals surface area contributed by atoms with E-state index in [2.05, 4.69) is 5.92 Å². The average molecular weight is 350 g/mol. The molecule has 0 bridgehead atoms. The van der Waals surface area contributed by atoms with Gasteiger partial charge in [0.05, 0.1) is 5.56 Å². The summed E-state index contributed by atoms with van der Waals surface area (Å²) in [6.07, 6.45) is -4.54. The SMILES string of the molecule is C#Cc1ccc(N2CCN(C(=O)C(F)(F)F)CC2)c(C(F)(F)F)c1. The summed E-state index contributed by atoms with van der Waals surface area (Å²) in [6.45, 7) is -0.903. The molecule has 1 fully saturated rings. The van der Waals surface area contributed by atoms with Gasteiger partial charge in [-0.05, 0) is 18.2 Å². The molecule has 1 aliphatic rings. The predicted octanol–water partition coefficient (Wildman–Crippen LogP) is 2.90. The molecule has 1 aliphatic heterocycles. The maximum Gasteiger partial charge on any atom is 0.471 e. The lowest BCUT2D eigenvalue weighted by Crippen LogP contribution is -2.52. The maximum atomic E-state index is 13.2. The number of nitrogens with zero attached hydrogens (tertiary/aromatic N) is 2. The van der Waals surface area contributed by atoms with Gasteiger partial charge in [-0.1, -0.05) is 5.92 Å². The molecular weight excluding hydrogens is 338 g/mol. The second-order valence-electron chi connectivity index (χ2n) is 5.15. The summed E-state index contributed by atoms with van der Waals surface area (Å²) in [5, 5.41) is 0. The van der Waals surface area contributed by atoms with E-state index in [0.29, 0.717) is 4.90 Å². The van der Waals surface area contributed by atoms with Gasteiger partial charge in [-0.15, -0.1) is 6.42 Å². The number of terminal acetylenes is 1. The van der Waals surface area contributed by atoms with Crippen molar-refractivity contribution in [3.63, 3.8) is 0 Å². The van der Waals surface area contributed by atoms with Gasteiger partial charge in [0.1, 0.15) is 0 Å². The Labute approximate surface area is 133 Å². The molecule has 1 amide bonds. The van der Waals surface area contributed by atoms with Crippen molar-refractivity contribution in [3.8, 4) is 12.3 Å². The Morgan fingerprint density at radius 1 is 1.04 bits per heavy atom. The first-order valence-corrected chi connectivity index (χ1v) is 6.83. The zero-order valence-corrected chi connectivity index (χ0v) is 12.2. The molecular formula is C15H12F6N2O. The Hall–Kier alpha value is -2.37. The van der Waals surface area contributed by atoms with Crippen molar-refractivity contribution >= 4 is 11.6 Å². The lowest BCUT2D eigenvalue weighted by atomic mass is 10.1. The van der Waals surface area contributed by atoms with Crippen molar-refractivity contribution in [2.45, 2.75) is 12.4 Å². The number of benzene rings is 1. The number of alkyl halides is 6. The van der Waals surface area contributed by atoms with E-state index in [4.69, 9.17) is 6.42 Å². The summed E-state index contributed by atoms with van der Waals surface area (Å²) in [6, 6.07) is 3.35. The van der Waals surface area contributed by atoms with Crippen LogP contribution in [0.1, 0.15) is 11.1 Å². The van der Waals surface area contributed by atoms with Gasteiger partial charge >= 0.3 is 18.3 Å². The maximum absolute atomic E-state index is 13.2. The lowest BCUT2D eigenvalue weighted by Gasteiger charge is -2.37. The first kappa shape index (κ1) is 18.0. The van der Waals surface area contributed by atoms with Crippen LogP contribution in [-0.2, 0) is 11.0 Å². The molecule has 0 aromatic heterocycles. The number of carbonyl (C=O) groups is 1. The van der Waals surface area contributed by atoms with Gasteiger partial charge in [0.25, 0.3) is 0 Å². The Bertz CT molecular complexity index is 666. The highest BCUT2D eigenvalue weighted by Crippen LogP contribution is 2.37. The van der Waals surface area contributed by atoms with E-state index in [1.807, 2.05) is 0 Å². The molecule has 0 saturated carbocycles. The molecule has 130 valence electrons. The van der Waals surface area contributed by atoms with Crippen molar-refractivity contribution in [1.82, 2.24) is 4.90 Å². The fourth-order valence-electron chi connectivity index (χ4n) is 2.46. The van der Waals surface area contributed by atoms with Gasteiger partial charge in [-0.2, -0.15) is 26.3 Å². The fraction of sp³-hybridized carbons (Fsp3) is 0.400. The van der Waals surface area contributed by atoms with Crippen LogP contribution in [0.3, 0.4) is 0 Å². The summed E-state index contributed by atoms with van der Waals surface area (Å²) in [7, 11) is 0. The lowest BCUT2D eigenvalue weighted by molar-refractivity contribution is -0.185. The molecule has 0 atom stereocenters. The van der Waals surface area contributed by atoms with Crippen molar-refractivity contribution in [2.24, 2.45) is 0 Å². The number of hydrogen-bond donors (Lipinski definition) is 0. The molecule has 3 nitrogen and oxygen atoms in total. The molecule has 9 heteroatoms. The van der Waals surface area contributed by atoms with E-state index in [-0.39, 0.29) is 37.4 Å². The van der Waals surface area contributed by atoms with E-state index < -0.39 is 23.8 Å². The van der Waals surface area contributed by atoms with Gasteiger partial charge in [-0.25, -0.2) is 0 Å². The summed E-state index contributed by atoms with van der Waals surface area (Å²) >= 11 is 0. The molecule has 0 unspecified atom stereocenters. The monoisotopic (exact) mass is 350 g/mol. The van der Waals surface area contributed by atoms with Crippen LogP contribution in [0, 0.1) is 12.3 Å². The number of hydrogen-bond acceptors (Lipinski definition) is 2. The van der Waals surface area contributed by atoms with Crippen molar-refractivity contribution < 1.29 is 31.1 Å². The zero-order chi connectivity index (χ0) is 18.1. The number of halogens is 6. The Morgan fingerprint density at radius 3 is 2.08 bits per heavy atom. The van der Waals surface area contributed by atoms with Crippen LogP contribution in [0.15, 0.2) is 18.2 Å². The summed E-state index contributed by atoms with van der Waals surface area (Å²) < 4.78 is 76.7. The Kier molecular flexibility index (Phi) is 4.69. The summed E-state index contributed by atoms with van der Waals surface area (Å²) in [4.78, 5) is 13.0. The zero-order valence-electron chi connectivity index (χ0n) is 12.2. The third-order valence-corrected chi connectivity index (χ3v) is 3.62. The highest BCUT2D eigenvalue weighted by molar-refractivity contribution is 5.82. The van der Waals surface area contributed by atoms with Gasteiger partial charge in [-0.3, -0.25) is 4.79 Å². The molecule has 0 radical (unpaired) electrons. The van der Waals surface area contributed by atoms with Gasteiger partial charge in [0, 0.05) is 37.4 Å². The molecule has 2 rings (SSSR count). The van der Waals surface area contributed by atoms with Crippen molar-refractivity contribution in [3.05, 3.63) is 29.3 Å². The van der Waals surface area contributed by atoms with E-state index in [0.717, 1.165) is 6.07 Å². The molecule has 1 heterocycles. The molecule has 1 aromatic carbocycles. The van der Waals surface area contributed by atoms with E-state index >= 15 is 0 Å². The van der Waals surface area contributed by atoms with Crippen LogP contribution in [0.2, 0.25) is 0 Å². The third-order valence-electron chi connectivity index (χ3n) is 3.62. The van der Waals surface area contributed by atoms with Gasteiger partial charge in [0.15, 0.2) is 0 Å². The minimum Gasteiger partial charge on any atom is -0.367 e. The molecule has 24 heavy (non-hydrogen) atoms. The summed E-state index contributed by atoms with van der Waals surface area (Å²) in [5.41, 5.74) is -1.06. The minimum absolute atomic E-state index is 0.0527. The largest absolute Gasteiger partial charge is 0.471 e. The first-order chi connectivity index (χ1) is 11.0. The van der Waals surface area contributed by atoms with Crippen LogP contribution < -0.4 is 4.90 Å².